The van der Waals surface area contributed by atoms with Gasteiger partial charge in [0.15, 0.2) is 5.75 Å². The molecular weight excluding hydrogens is 248 g/mol. The highest BCUT2D eigenvalue weighted by atomic mass is 16.6. The van der Waals surface area contributed by atoms with Gasteiger partial charge in [0, 0.05) is 6.04 Å². The lowest BCUT2D eigenvalue weighted by Gasteiger charge is -2.35. The second-order valence-electron chi connectivity index (χ2n) is 4.56. The Hall–Kier alpha value is -1.82. The number of rotatable bonds is 6. The van der Waals surface area contributed by atoms with Crippen molar-refractivity contribution >= 4 is 5.69 Å². The number of ether oxygens (including phenoxy) is 2. The summed E-state index contributed by atoms with van der Waals surface area (Å²) in [7, 11) is 1.41. The SMILES string of the molecule is CCNC1CC(Oc2ccc(OC)c([N+](=O)[O-])c2)C1. The summed E-state index contributed by atoms with van der Waals surface area (Å²) in [6.45, 7) is 3.02. The van der Waals surface area contributed by atoms with E-state index in [0.717, 1.165) is 19.4 Å². The van der Waals surface area contributed by atoms with E-state index in [0.29, 0.717) is 11.8 Å². The highest BCUT2D eigenvalue weighted by Crippen LogP contribution is 2.33. The van der Waals surface area contributed by atoms with Crippen molar-refractivity contribution in [2.45, 2.75) is 31.9 Å². The maximum Gasteiger partial charge on any atom is 0.314 e. The number of hydrogen-bond acceptors (Lipinski definition) is 5. The molecule has 0 radical (unpaired) electrons. The number of hydrogen-bond donors (Lipinski definition) is 1. The third-order valence-corrected chi connectivity index (χ3v) is 3.24. The molecule has 19 heavy (non-hydrogen) atoms. The summed E-state index contributed by atoms with van der Waals surface area (Å²) in [6, 6.07) is 5.18. The largest absolute Gasteiger partial charge is 0.490 e. The minimum Gasteiger partial charge on any atom is -0.490 e. The summed E-state index contributed by atoms with van der Waals surface area (Å²) in [5, 5.41) is 14.2. The first-order valence-corrected chi connectivity index (χ1v) is 6.36. The fourth-order valence-electron chi connectivity index (χ4n) is 2.20. The maximum atomic E-state index is 10.9. The van der Waals surface area contributed by atoms with Crippen LogP contribution in [-0.4, -0.2) is 30.7 Å². The molecule has 1 aliphatic carbocycles. The van der Waals surface area contributed by atoms with Crippen LogP contribution in [0.1, 0.15) is 19.8 Å². The van der Waals surface area contributed by atoms with Crippen LogP contribution in [0.4, 0.5) is 5.69 Å². The Morgan fingerprint density at radius 1 is 1.47 bits per heavy atom. The Balaban J connectivity index is 1.98. The van der Waals surface area contributed by atoms with Crippen molar-refractivity contribution < 1.29 is 14.4 Å². The van der Waals surface area contributed by atoms with Crippen LogP contribution in [0.15, 0.2) is 18.2 Å². The van der Waals surface area contributed by atoms with Crippen molar-refractivity contribution in [3.05, 3.63) is 28.3 Å². The van der Waals surface area contributed by atoms with Crippen LogP contribution in [0, 0.1) is 10.1 Å². The van der Waals surface area contributed by atoms with E-state index in [9.17, 15) is 10.1 Å². The molecule has 6 nitrogen and oxygen atoms in total. The molecule has 0 spiro atoms. The number of nitrogens with zero attached hydrogens (tertiary/aromatic N) is 1. The molecule has 0 saturated heterocycles. The molecular formula is C13H18N2O4. The average molecular weight is 266 g/mol. The zero-order chi connectivity index (χ0) is 13.8. The van der Waals surface area contributed by atoms with Crippen molar-refractivity contribution in [2.24, 2.45) is 0 Å². The third kappa shape index (κ3) is 3.14. The van der Waals surface area contributed by atoms with E-state index >= 15 is 0 Å². The lowest BCUT2D eigenvalue weighted by Crippen LogP contribution is -2.46. The maximum absolute atomic E-state index is 10.9. The molecule has 6 heteroatoms. The van der Waals surface area contributed by atoms with Crippen molar-refractivity contribution in [3.63, 3.8) is 0 Å². The molecule has 0 unspecified atom stereocenters. The summed E-state index contributed by atoms with van der Waals surface area (Å²) < 4.78 is 10.7. The summed E-state index contributed by atoms with van der Waals surface area (Å²) >= 11 is 0. The van der Waals surface area contributed by atoms with E-state index < -0.39 is 4.92 Å². The summed E-state index contributed by atoms with van der Waals surface area (Å²) in [5.41, 5.74) is -0.0671. The van der Waals surface area contributed by atoms with E-state index in [2.05, 4.69) is 12.2 Å². The molecule has 1 fully saturated rings. The van der Waals surface area contributed by atoms with Crippen LogP contribution in [-0.2, 0) is 0 Å². The first-order valence-electron chi connectivity index (χ1n) is 6.36. The van der Waals surface area contributed by atoms with E-state index in [4.69, 9.17) is 9.47 Å². The van der Waals surface area contributed by atoms with Crippen LogP contribution >= 0.6 is 0 Å². The molecule has 0 atom stereocenters. The second kappa shape index (κ2) is 5.88. The molecule has 0 bridgehead atoms. The van der Waals surface area contributed by atoms with Gasteiger partial charge in [-0.3, -0.25) is 10.1 Å². The van der Waals surface area contributed by atoms with Gasteiger partial charge in [0.1, 0.15) is 11.9 Å². The van der Waals surface area contributed by atoms with E-state index in [-0.39, 0.29) is 17.5 Å². The Kier molecular flexibility index (Phi) is 4.21. The van der Waals surface area contributed by atoms with Crippen molar-refractivity contribution in [3.8, 4) is 11.5 Å². The smallest absolute Gasteiger partial charge is 0.314 e. The molecule has 0 amide bonds. The zero-order valence-electron chi connectivity index (χ0n) is 11.1. The van der Waals surface area contributed by atoms with E-state index in [1.807, 2.05) is 0 Å². The van der Waals surface area contributed by atoms with E-state index in [1.165, 1.54) is 13.2 Å². The van der Waals surface area contributed by atoms with Crippen molar-refractivity contribution in [2.75, 3.05) is 13.7 Å². The Labute approximate surface area is 111 Å². The summed E-state index contributed by atoms with van der Waals surface area (Å²) in [6.07, 6.45) is 2.01. The average Bonchev–Trinajstić information content (AvgIpc) is 2.36. The lowest BCUT2D eigenvalue weighted by atomic mass is 9.89. The standard InChI is InChI=1S/C13H18N2O4/c1-3-14-9-6-11(7-9)19-10-4-5-13(18-2)12(8-10)15(16)17/h4-5,8-9,11,14H,3,6-7H2,1-2H3. The number of nitrogens with one attached hydrogen (secondary N) is 1. The van der Waals surface area contributed by atoms with Gasteiger partial charge in [-0.2, -0.15) is 0 Å². The van der Waals surface area contributed by atoms with Crippen LogP contribution in [0.5, 0.6) is 11.5 Å². The zero-order valence-corrected chi connectivity index (χ0v) is 11.1. The highest BCUT2D eigenvalue weighted by molar-refractivity contribution is 5.50. The molecule has 1 aliphatic rings. The predicted octanol–water partition coefficient (Wildman–Crippen LogP) is 2.12. The van der Waals surface area contributed by atoms with Crippen LogP contribution in [0.25, 0.3) is 0 Å². The quantitative estimate of drug-likeness (QED) is 0.630. The van der Waals surface area contributed by atoms with Crippen LogP contribution in [0.2, 0.25) is 0 Å². The summed E-state index contributed by atoms with van der Waals surface area (Å²) in [4.78, 5) is 10.4. The number of benzene rings is 1. The van der Waals surface area contributed by atoms with Gasteiger partial charge in [0.05, 0.1) is 18.1 Å². The fraction of sp³-hybridized carbons (Fsp3) is 0.538. The number of nitro benzene ring substituents is 1. The van der Waals surface area contributed by atoms with Crippen molar-refractivity contribution in [1.29, 1.82) is 0 Å². The second-order valence-corrected chi connectivity index (χ2v) is 4.56. The Morgan fingerprint density at radius 2 is 2.21 bits per heavy atom. The first kappa shape index (κ1) is 13.6. The molecule has 1 aromatic rings. The number of methoxy groups -OCH3 is 1. The molecule has 2 rings (SSSR count). The van der Waals surface area contributed by atoms with E-state index in [1.54, 1.807) is 12.1 Å². The van der Waals surface area contributed by atoms with Gasteiger partial charge in [0.2, 0.25) is 0 Å². The molecule has 1 N–H and O–H groups in total. The monoisotopic (exact) mass is 266 g/mol. The van der Waals surface area contributed by atoms with Crippen molar-refractivity contribution in [1.82, 2.24) is 5.32 Å². The summed E-state index contributed by atoms with van der Waals surface area (Å²) in [5.74, 6) is 0.768. The van der Waals surface area contributed by atoms with Crippen LogP contribution < -0.4 is 14.8 Å². The molecule has 0 aliphatic heterocycles. The topological polar surface area (TPSA) is 73.6 Å². The normalized spacial score (nSPS) is 21.6. The van der Waals surface area contributed by atoms with Gasteiger partial charge in [0.25, 0.3) is 0 Å². The van der Waals surface area contributed by atoms with Gasteiger partial charge >= 0.3 is 5.69 Å². The predicted molar refractivity (Wildman–Crippen MR) is 70.8 cm³/mol. The Bertz CT molecular complexity index is 458. The molecule has 1 aromatic carbocycles. The Morgan fingerprint density at radius 3 is 2.79 bits per heavy atom. The van der Waals surface area contributed by atoms with Crippen LogP contribution in [0.3, 0.4) is 0 Å². The van der Waals surface area contributed by atoms with Gasteiger partial charge in [-0.05, 0) is 31.5 Å². The lowest BCUT2D eigenvalue weighted by molar-refractivity contribution is -0.385. The van der Waals surface area contributed by atoms with Gasteiger partial charge in [-0.15, -0.1) is 0 Å². The minimum absolute atomic E-state index is 0.0671. The first-order chi connectivity index (χ1) is 9.13. The fourth-order valence-corrected chi connectivity index (χ4v) is 2.20. The van der Waals surface area contributed by atoms with Gasteiger partial charge in [-0.25, -0.2) is 0 Å². The van der Waals surface area contributed by atoms with Gasteiger partial charge < -0.3 is 14.8 Å². The molecule has 1 saturated carbocycles. The minimum atomic E-state index is -0.464. The molecule has 104 valence electrons. The van der Waals surface area contributed by atoms with Gasteiger partial charge in [-0.1, -0.05) is 6.92 Å². The highest BCUT2D eigenvalue weighted by Gasteiger charge is 2.30. The molecule has 0 heterocycles. The third-order valence-electron chi connectivity index (χ3n) is 3.24. The number of nitro groups is 1. The molecule has 0 aromatic heterocycles.